The fraction of sp³-hybridized carbons (Fsp3) is 0.375. The summed E-state index contributed by atoms with van der Waals surface area (Å²) in [5, 5.41) is 5.71. The van der Waals surface area contributed by atoms with Crippen molar-refractivity contribution in [1.82, 2.24) is 10.6 Å². The second kappa shape index (κ2) is 10.2. The number of carbonyl (C=O) groups is 3. The zero-order chi connectivity index (χ0) is 23.3. The maximum absolute atomic E-state index is 12.7. The molecule has 0 aliphatic carbocycles. The molecule has 0 unspecified atom stereocenters. The Bertz CT molecular complexity index is 977. The largest absolute Gasteiger partial charge is 0.493 e. The van der Waals surface area contributed by atoms with E-state index in [1.54, 1.807) is 44.6 Å². The van der Waals surface area contributed by atoms with Crippen molar-refractivity contribution in [3.63, 3.8) is 0 Å². The third-order valence-corrected chi connectivity index (χ3v) is 5.44. The average molecular weight is 440 g/mol. The first-order valence-electron chi connectivity index (χ1n) is 10.6. The number of benzene rings is 2. The van der Waals surface area contributed by atoms with Gasteiger partial charge in [0.2, 0.25) is 5.91 Å². The van der Waals surface area contributed by atoms with E-state index in [0.29, 0.717) is 17.2 Å². The molecule has 0 radical (unpaired) electrons. The monoisotopic (exact) mass is 439 g/mol. The van der Waals surface area contributed by atoms with Crippen LogP contribution in [0.5, 0.6) is 11.5 Å². The number of amides is 4. The van der Waals surface area contributed by atoms with Gasteiger partial charge in [0.1, 0.15) is 6.04 Å². The number of anilines is 1. The van der Waals surface area contributed by atoms with Crippen LogP contribution in [-0.4, -0.2) is 38.1 Å². The quantitative estimate of drug-likeness (QED) is 0.584. The van der Waals surface area contributed by atoms with Gasteiger partial charge in [0.15, 0.2) is 11.5 Å². The van der Waals surface area contributed by atoms with Gasteiger partial charge < -0.3 is 20.1 Å². The smallest absolute Gasteiger partial charge is 0.329 e. The van der Waals surface area contributed by atoms with Crippen molar-refractivity contribution in [3.8, 4) is 11.5 Å². The van der Waals surface area contributed by atoms with E-state index in [4.69, 9.17) is 9.47 Å². The van der Waals surface area contributed by atoms with Crippen molar-refractivity contribution in [1.29, 1.82) is 0 Å². The summed E-state index contributed by atoms with van der Waals surface area (Å²) in [5.74, 6) is 0.778. The maximum Gasteiger partial charge on any atom is 0.329 e. The molecule has 2 aromatic rings. The van der Waals surface area contributed by atoms with Crippen molar-refractivity contribution in [3.05, 3.63) is 54.1 Å². The Balaban J connectivity index is 1.63. The summed E-state index contributed by atoms with van der Waals surface area (Å²) in [6, 6.07) is 12.8. The molecule has 0 spiro atoms. The predicted molar refractivity (Wildman–Crippen MR) is 121 cm³/mol. The van der Waals surface area contributed by atoms with Crippen LogP contribution >= 0.6 is 0 Å². The second-order valence-electron chi connectivity index (χ2n) is 7.95. The minimum absolute atomic E-state index is 0.107. The SMILES string of the molecule is COc1ccc([C@@H](NC(=O)CC[C@@H]2NC(=O)N(c3ccccc3)C2=O)C(C)C)cc1OC. The summed E-state index contributed by atoms with van der Waals surface area (Å²) in [6.45, 7) is 4.03. The average Bonchev–Trinajstić information content (AvgIpc) is 3.08. The van der Waals surface area contributed by atoms with E-state index in [1.165, 1.54) is 0 Å². The number of hydrogen-bond acceptors (Lipinski definition) is 5. The number of rotatable bonds is 9. The van der Waals surface area contributed by atoms with Crippen LogP contribution in [0.15, 0.2) is 48.5 Å². The van der Waals surface area contributed by atoms with Crippen molar-refractivity contribution >= 4 is 23.5 Å². The fourth-order valence-corrected chi connectivity index (χ4v) is 3.75. The summed E-state index contributed by atoms with van der Waals surface area (Å²) in [4.78, 5) is 38.8. The van der Waals surface area contributed by atoms with Gasteiger partial charge in [0.05, 0.1) is 25.9 Å². The molecule has 1 heterocycles. The molecule has 0 bridgehead atoms. The number of carbonyl (C=O) groups excluding carboxylic acids is 3. The number of nitrogens with one attached hydrogen (secondary N) is 2. The summed E-state index contributed by atoms with van der Waals surface area (Å²) < 4.78 is 10.7. The molecule has 1 saturated heterocycles. The fourth-order valence-electron chi connectivity index (χ4n) is 3.75. The molecule has 32 heavy (non-hydrogen) atoms. The number of urea groups is 1. The molecule has 2 atom stereocenters. The van der Waals surface area contributed by atoms with Crippen LogP contribution in [0, 0.1) is 5.92 Å². The lowest BCUT2D eigenvalue weighted by Crippen LogP contribution is -2.35. The van der Waals surface area contributed by atoms with E-state index >= 15 is 0 Å². The summed E-state index contributed by atoms with van der Waals surface area (Å²) >= 11 is 0. The first-order valence-corrected chi connectivity index (χ1v) is 10.6. The highest BCUT2D eigenvalue weighted by atomic mass is 16.5. The molecule has 4 amide bonds. The molecule has 170 valence electrons. The molecular formula is C24H29N3O5. The van der Waals surface area contributed by atoms with Gasteiger partial charge in [-0.15, -0.1) is 0 Å². The van der Waals surface area contributed by atoms with E-state index in [1.807, 2.05) is 32.0 Å². The molecule has 3 rings (SSSR count). The number of hydrogen-bond donors (Lipinski definition) is 2. The molecule has 1 aliphatic rings. The lowest BCUT2D eigenvalue weighted by molar-refractivity contribution is -0.122. The van der Waals surface area contributed by atoms with E-state index in [9.17, 15) is 14.4 Å². The Kier molecular flexibility index (Phi) is 7.35. The van der Waals surface area contributed by atoms with Gasteiger partial charge in [0.25, 0.3) is 5.91 Å². The van der Waals surface area contributed by atoms with Gasteiger partial charge in [-0.3, -0.25) is 9.59 Å². The minimum Gasteiger partial charge on any atom is -0.493 e. The van der Waals surface area contributed by atoms with Crippen molar-refractivity contribution in [2.75, 3.05) is 19.1 Å². The van der Waals surface area contributed by atoms with E-state index < -0.39 is 12.1 Å². The van der Waals surface area contributed by atoms with Gasteiger partial charge >= 0.3 is 6.03 Å². The highest BCUT2D eigenvalue weighted by Gasteiger charge is 2.39. The Morgan fingerprint density at radius 2 is 1.75 bits per heavy atom. The van der Waals surface area contributed by atoms with Crippen LogP contribution in [0.25, 0.3) is 0 Å². The third kappa shape index (κ3) is 5.01. The minimum atomic E-state index is -0.730. The lowest BCUT2D eigenvalue weighted by atomic mass is 9.95. The molecule has 8 nitrogen and oxygen atoms in total. The van der Waals surface area contributed by atoms with Crippen molar-refractivity contribution in [2.24, 2.45) is 5.92 Å². The van der Waals surface area contributed by atoms with Gasteiger partial charge in [-0.1, -0.05) is 38.1 Å². The predicted octanol–water partition coefficient (Wildman–Crippen LogP) is 3.42. The summed E-state index contributed by atoms with van der Waals surface area (Å²) in [5.41, 5.74) is 1.40. The lowest BCUT2D eigenvalue weighted by Gasteiger charge is -2.24. The van der Waals surface area contributed by atoms with E-state index in [2.05, 4.69) is 10.6 Å². The third-order valence-electron chi connectivity index (χ3n) is 5.44. The van der Waals surface area contributed by atoms with Crippen LogP contribution < -0.4 is 25.0 Å². The van der Waals surface area contributed by atoms with E-state index in [0.717, 1.165) is 10.5 Å². The molecule has 1 fully saturated rings. The van der Waals surface area contributed by atoms with Gasteiger partial charge in [0, 0.05) is 6.42 Å². The zero-order valence-corrected chi connectivity index (χ0v) is 18.8. The molecule has 2 N–H and O–H groups in total. The van der Waals surface area contributed by atoms with Crippen LogP contribution in [0.3, 0.4) is 0 Å². The van der Waals surface area contributed by atoms with Crippen LogP contribution in [0.2, 0.25) is 0 Å². The molecule has 0 aromatic heterocycles. The topological polar surface area (TPSA) is 97.0 Å². The Labute approximate surface area is 187 Å². The molecule has 8 heteroatoms. The van der Waals surface area contributed by atoms with Crippen LogP contribution in [0.4, 0.5) is 10.5 Å². The van der Waals surface area contributed by atoms with Crippen molar-refractivity contribution in [2.45, 2.75) is 38.8 Å². The van der Waals surface area contributed by atoms with Gasteiger partial charge in [-0.2, -0.15) is 0 Å². The molecular weight excluding hydrogens is 410 g/mol. The zero-order valence-electron chi connectivity index (χ0n) is 18.8. The van der Waals surface area contributed by atoms with Gasteiger partial charge in [-0.05, 0) is 42.2 Å². The highest BCUT2D eigenvalue weighted by Crippen LogP contribution is 2.32. The second-order valence-corrected chi connectivity index (χ2v) is 7.95. The van der Waals surface area contributed by atoms with Crippen LogP contribution in [-0.2, 0) is 9.59 Å². The Morgan fingerprint density at radius 3 is 2.38 bits per heavy atom. The highest BCUT2D eigenvalue weighted by molar-refractivity contribution is 6.21. The Morgan fingerprint density at radius 1 is 1.06 bits per heavy atom. The molecule has 2 aromatic carbocycles. The van der Waals surface area contributed by atoms with E-state index in [-0.39, 0.29) is 36.6 Å². The first kappa shape index (κ1) is 23.1. The summed E-state index contributed by atoms with van der Waals surface area (Å²) in [6.07, 6.45) is 0.326. The number of methoxy groups -OCH3 is 2. The standard InChI is InChI=1S/C24H29N3O5/c1-15(2)22(16-10-12-19(31-3)20(14-16)32-4)26-21(28)13-11-18-23(29)27(24(30)25-18)17-8-6-5-7-9-17/h5-10,12,14-15,18,22H,11,13H2,1-4H3,(H,25,30)(H,26,28)/t18-,22-/m0/s1. The molecule has 0 saturated carbocycles. The number of para-hydroxylation sites is 1. The van der Waals surface area contributed by atoms with Crippen LogP contribution in [0.1, 0.15) is 38.3 Å². The maximum atomic E-state index is 12.7. The summed E-state index contributed by atoms with van der Waals surface area (Å²) in [7, 11) is 3.14. The molecule has 1 aliphatic heterocycles. The van der Waals surface area contributed by atoms with Gasteiger partial charge in [-0.25, -0.2) is 9.69 Å². The van der Waals surface area contributed by atoms with Crippen molar-refractivity contribution < 1.29 is 23.9 Å². The first-order chi connectivity index (χ1) is 15.3. The number of imide groups is 1. The Hall–Kier alpha value is -3.55. The number of ether oxygens (including phenoxy) is 2. The normalized spacial score (nSPS) is 16.7. The number of nitrogens with zero attached hydrogens (tertiary/aromatic N) is 1.